The molecule has 0 heterocycles. The third-order valence-electron chi connectivity index (χ3n) is 4.25. The summed E-state index contributed by atoms with van der Waals surface area (Å²) in [6.07, 6.45) is 2.27. The fourth-order valence-electron chi connectivity index (χ4n) is 2.62. The van der Waals surface area contributed by atoms with E-state index in [2.05, 4.69) is 0 Å². The van der Waals surface area contributed by atoms with Crippen LogP contribution in [0.5, 0.6) is 0 Å². The highest BCUT2D eigenvalue weighted by Crippen LogP contribution is 2.45. The van der Waals surface area contributed by atoms with Crippen LogP contribution in [0.2, 0.25) is 10.0 Å². The van der Waals surface area contributed by atoms with E-state index in [1.54, 1.807) is 6.07 Å². The molecule has 24 heavy (non-hydrogen) atoms. The van der Waals surface area contributed by atoms with Gasteiger partial charge in [-0.05, 0) is 42.9 Å². The Kier molecular flexibility index (Phi) is 5.41. The highest BCUT2D eigenvalue weighted by atomic mass is 35.5. The Morgan fingerprint density at radius 2 is 1.88 bits per heavy atom. The number of halogens is 2. The van der Waals surface area contributed by atoms with Crippen molar-refractivity contribution in [3.05, 3.63) is 33.8 Å². The first-order valence-corrected chi connectivity index (χ1v) is 8.64. The van der Waals surface area contributed by atoms with Crippen LogP contribution in [0.15, 0.2) is 18.2 Å². The summed E-state index contributed by atoms with van der Waals surface area (Å²) in [6, 6.07) is 4.60. The number of carbonyl (C=O) groups excluding carboxylic acids is 3. The summed E-state index contributed by atoms with van der Waals surface area (Å²) < 4.78 is 0. The Bertz CT molecular complexity index is 675. The molecule has 0 atom stereocenters. The number of amides is 2. The lowest BCUT2D eigenvalue weighted by molar-refractivity contribution is -0.141. The van der Waals surface area contributed by atoms with Crippen molar-refractivity contribution >= 4 is 41.3 Å². The minimum Gasteiger partial charge on any atom is -0.291 e. The van der Waals surface area contributed by atoms with Crippen LogP contribution in [0.25, 0.3) is 0 Å². The molecule has 4 nitrogen and oxygen atoms in total. The summed E-state index contributed by atoms with van der Waals surface area (Å²) in [5.74, 6) is -0.628. The summed E-state index contributed by atoms with van der Waals surface area (Å²) in [4.78, 5) is 38.0. The number of nitrogens with zero attached hydrogens (tertiary/aromatic N) is 1. The van der Waals surface area contributed by atoms with Crippen molar-refractivity contribution in [1.82, 2.24) is 4.90 Å². The van der Waals surface area contributed by atoms with E-state index < -0.39 is 5.54 Å². The van der Waals surface area contributed by atoms with Crippen LogP contribution >= 0.6 is 23.2 Å². The molecule has 1 fully saturated rings. The maximum absolute atomic E-state index is 12.9. The average Bonchev–Trinajstić information content (AvgIpc) is 3.26. The molecule has 2 rings (SSSR count). The van der Waals surface area contributed by atoms with Gasteiger partial charge in [-0.3, -0.25) is 19.3 Å². The number of carbonyl (C=O) groups is 3. The second-order valence-electron chi connectivity index (χ2n) is 7.41. The highest BCUT2D eigenvalue weighted by Gasteiger charge is 2.56. The standard InChI is InChI=1S/C18H21Cl2NO3/c1-17(2,3)7-6-15(23)21(11-22)18(8-9-18)16(24)13-5-4-12(19)10-14(13)20/h4-5,10-11H,6-9H2,1-3H3. The normalized spacial score (nSPS) is 15.7. The first-order chi connectivity index (χ1) is 11.1. The predicted molar refractivity (Wildman–Crippen MR) is 94.4 cm³/mol. The van der Waals surface area contributed by atoms with Gasteiger partial charge in [0.1, 0.15) is 5.54 Å². The van der Waals surface area contributed by atoms with Crippen molar-refractivity contribution < 1.29 is 14.4 Å². The Labute approximate surface area is 152 Å². The van der Waals surface area contributed by atoms with Crippen molar-refractivity contribution in [1.29, 1.82) is 0 Å². The van der Waals surface area contributed by atoms with Crippen LogP contribution in [0.3, 0.4) is 0 Å². The largest absolute Gasteiger partial charge is 0.291 e. The van der Waals surface area contributed by atoms with Gasteiger partial charge in [-0.25, -0.2) is 0 Å². The lowest BCUT2D eigenvalue weighted by atomic mass is 9.90. The van der Waals surface area contributed by atoms with Crippen molar-refractivity contribution in [2.24, 2.45) is 5.41 Å². The van der Waals surface area contributed by atoms with E-state index in [-0.39, 0.29) is 34.1 Å². The van der Waals surface area contributed by atoms with E-state index in [4.69, 9.17) is 23.2 Å². The molecule has 0 N–H and O–H groups in total. The topological polar surface area (TPSA) is 54.5 Å². The summed E-state index contributed by atoms with van der Waals surface area (Å²) in [5, 5.41) is 0.654. The molecule has 0 aliphatic heterocycles. The Hall–Kier alpha value is -1.39. The number of rotatable bonds is 6. The molecule has 6 heteroatoms. The number of Topliss-reactive ketones (excluding diaryl/α,β-unsaturated/α-hetero) is 1. The fraction of sp³-hybridized carbons (Fsp3) is 0.500. The summed E-state index contributed by atoms with van der Waals surface area (Å²) in [6.45, 7) is 6.07. The van der Waals surface area contributed by atoms with Gasteiger partial charge in [0.25, 0.3) is 0 Å². The molecule has 0 saturated heterocycles. The summed E-state index contributed by atoms with van der Waals surface area (Å²) in [5.41, 5.74) is -0.826. The number of benzene rings is 1. The third-order valence-corrected chi connectivity index (χ3v) is 4.79. The second kappa shape index (κ2) is 6.85. The number of imide groups is 1. The van der Waals surface area contributed by atoms with Gasteiger partial charge in [-0.2, -0.15) is 0 Å². The van der Waals surface area contributed by atoms with Crippen LogP contribution < -0.4 is 0 Å². The van der Waals surface area contributed by atoms with Crippen LogP contribution in [-0.4, -0.2) is 28.5 Å². The average molecular weight is 370 g/mol. The molecule has 0 aromatic heterocycles. The molecule has 130 valence electrons. The molecule has 0 unspecified atom stereocenters. The van der Waals surface area contributed by atoms with Crippen LogP contribution in [0, 0.1) is 5.41 Å². The van der Waals surface area contributed by atoms with Gasteiger partial charge < -0.3 is 0 Å². The monoisotopic (exact) mass is 369 g/mol. The molecule has 2 amide bonds. The number of hydrogen-bond donors (Lipinski definition) is 0. The molecule has 1 saturated carbocycles. The molecule has 1 aromatic rings. The zero-order chi connectivity index (χ0) is 18.1. The van der Waals surface area contributed by atoms with E-state index in [9.17, 15) is 14.4 Å². The smallest absolute Gasteiger partial charge is 0.229 e. The Morgan fingerprint density at radius 1 is 1.25 bits per heavy atom. The molecule has 1 aromatic carbocycles. The quantitative estimate of drug-likeness (QED) is 0.547. The van der Waals surface area contributed by atoms with Gasteiger partial charge in [0, 0.05) is 17.0 Å². The molecule has 0 bridgehead atoms. The summed E-state index contributed by atoms with van der Waals surface area (Å²) in [7, 11) is 0. The molecular weight excluding hydrogens is 349 g/mol. The van der Waals surface area contributed by atoms with Crippen molar-refractivity contribution in [3.63, 3.8) is 0 Å². The predicted octanol–water partition coefficient (Wildman–Crippen LogP) is 4.52. The first kappa shape index (κ1) is 18.9. The summed E-state index contributed by atoms with van der Waals surface area (Å²) >= 11 is 12.0. The van der Waals surface area contributed by atoms with Crippen LogP contribution in [-0.2, 0) is 9.59 Å². The van der Waals surface area contributed by atoms with E-state index in [0.29, 0.717) is 30.7 Å². The Morgan fingerprint density at radius 3 is 2.33 bits per heavy atom. The third kappa shape index (κ3) is 3.98. The fourth-order valence-corrected chi connectivity index (χ4v) is 3.12. The number of ketones is 1. The van der Waals surface area contributed by atoms with Gasteiger partial charge in [0.2, 0.25) is 12.3 Å². The van der Waals surface area contributed by atoms with Gasteiger partial charge >= 0.3 is 0 Å². The zero-order valence-corrected chi connectivity index (χ0v) is 15.6. The minimum absolute atomic E-state index is 0.0234. The van der Waals surface area contributed by atoms with Crippen molar-refractivity contribution in [2.45, 2.75) is 52.0 Å². The highest BCUT2D eigenvalue weighted by molar-refractivity contribution is 6.37. The van der Waals surface area contributed by atoms with Gasteiger partial charge in [-0.15, -0.1) is 0 Å². The number of hydrogen-bond acceptors (Lipinski definition) is 3. The van der Waals surface area contributed by atoms with E-state index >= 15 is 0 Å². The van der Waals surface area contributed by atoms with Crippen LogP contribution in [0.4, 0.5) is 0 Å². The van der Waals surface area contributed by atoms with Crippen LogP contribution in [0.1, 0.15) is 56.8 Å². The molecular formula is C18H21Cl2NO3. The molecule has 0 radical (unpaired) electrons. The maximum Gasteiger partial charge on any atom is 0.229 e. The SMILES string of the molecule is CC(C)(C)CCC(=O)N(C=O)C1(C(=O)c2ccc(Cl)cc2Cl)CC1. The van der Waals surface area contributed by atoms with Gasteiger partial charge in [0.15, 0.2) is 5.78 Å². The second-order valence-corrected chi connectivity index (χ2v) is 8.26. The van der Waals surface area contributed by atoms with E-state index in [1.165, 1.54) is 12.1 Å². The lowest BCUT2D eigenvalue weighted by Gasteiger charge is -2.27. The first-order valence-electron chi connectivity index (χ1n) is 7.88. The minimum atomic E-state index is -1.09. The van der Waals surface area contributed by atoms with E-state index in [1.807, 2.05) is 20.8 Å². The Balaban J connectivity index is 2.22. The van der Waals surface area contributed by atoms with Crippen molar-refractivity contribution in [2.75, 3.05) is 0 Å². The molecule has 1 aliphatic rings. The van der Waals surface area contributed by atoms with Gasteiger partial charge in [0.05, 0.1) is 5.02 Å². The van der Waals surface area contributed by atoms with Crippen molar-refractivity contribution in [3.8, 4) is 0 Å². The molecule has 1 aliphatic carbocycles. The molecule has 0 spiro atoms. The zero-order valence-electron chi connectivity index (χ0n) is 14.1. The van der Waals surface area contributed by atoms with Gasteiger partial charge in [-0.1, -0.05) is 44.0 Å². The maximum atomic E-state index is 12.9. The lowest BCUT2D eigenvalue weighted by Crippen LogP contribution is -2.46. The van der Waals surface area contributed by atoms with E-state index in [0.717, 1.165) is 4.90 Å².